The number of rotatable bonds is 4. The number of benzene rings is 1. The summed E-state index contributed by atoms with van der Waals surface area (Å²) < 4.78 is 3.30. The average molecular weight is 308 g/mol. The van der Waals surface area contributed by atoms with Crippen LogP contribution in [0.15, 0.2) is 16.6 Å². The summed E-state index contributed by atoms with van der Waals surface area (Å²) in [7, 11) is 2.10. The monoisotopic (exact) mass is 307 g/mol. The Labute approximate surface area is 116 Å². The van der Waals surface area contributed by atoms with Crippen LogP contribution in [0.25, 0.3) is 11.0 Å². The van der Waals surface area contributed by atoms with Crippen LogP contribution in [0.2, 0.25) is 0 Å². The summed E-state index contributed by atoms with van der Waals surface area (Å²) in [6, 6.07) is 5.10. The highest BCUT2D eigenvalue weighted by molar-refractivity contribution is 9.10. The van der Waals surface area contributed by atoms with E-state index in [1.165, 1.54) is 23.9 Å². The summed E-state index contributed by atoms with van der Waals surface area (Å²) in [5, 5.41) is 3.54. The number of nitrogens with one attached hydrogen (secondary N) is 1. The van der Waals surface area contributed by atoms with Crippen LogP contribution in [-0.4, -0.2) is 22.1 Å². The molecular weight excluding hydrogens is 290 g/mol. The molecule has 1 aliphatic carbocycles. The summed E-state index contributed by atoms with van der Waals surface area (Å²) in [4.78, 5) is 4.75. The number of aryl methyl sites for hydroxylation is 2. The van der Waals surface area contributed by atoms with Crippen LogP contribution < -0.4 is 5.32 Å². The highest BCUT2D eigenvalue weighted by Crippen LogP contribution is 2.26. The van der Waals surface area contributed by atoms with Gasteiger partial charge in [0.1, 0.15) is 11.3 Å². The predicted molar refractivity (Wildman–Crippen MR) is 77.9 cm³/mol. The lowest BCUT2D eigenvalue weighted by molar-refractivity contribution is 0.654. The minimum atomic E-state index is 0.772. The molecule has 0 aliphatic heterocycles. The second-order valence-electron chi connectivity index (χ2n) is 5.18. The molecule has 1 aromatic heterocycles. The lowest BCUT2D eigenvalue weighted by Gasteiger charge is -2.03. The molecule has 0 radical (unpaired) electrons. The molecule has 1 saturated carbocycles. The molecule has 1 aliphatic rings. The Morgan fingerprint density at radius 3 is 2.94 bits per heavy atom. The van der Waals surface area contributed by atoms with Crippen LogP contribution in [0.3, 0.4) is 0 Å². The first-order valence-electron chi connectivity index (χ1n) is 6.50. The van der Waals surface area contributed by atoms with E-state index >= 15 is 0 Å². The summed E-state index contributed by atoms with van der Waals surface area (Å²) in [5.41, 5.74) is 3.55. The lowest BCUT2D eigenvalue weighted by Crippen LogP contribution is -2.20. The van der Waals surface area contributed by atoms with Crippen molar-refractivity contribution >= 4 is 27.0 Å². The van der Waals surface area contributed by atoms with Crippen molar-refractivity contribution in [2.45, 2.75) is 32.2 Å². The first-order valence-corrected chi connectivity index (χ1v) is 7.29. The molecule has 3 rings (SSSR count). The Balaban J connectivity index is 1.87. The highest BCUT2D eigenvalue weighted by Gasteiger charge is 2.20. The second-order valence-corrected chi connectivity index (χ2v) is 6.03. The maximum atomic E-state index is 4.75. The van der Waals surface area contributed by atoms with Gasteiger partial charge >= 0.3 is 0 Å². The maximum absolute atomic E-state index is 4.75. The van der Waals surface area contributed by atoms with E-state index in [4.69, 9.17) is 4.98 Å². The molecule has 1 aromatic carbocycles. The smallest absolute Gasteiger partial charge is 0.110 e. The lowest BCUT2D eigenvalue weighted by atomic mass is 10.2. The van der Waals surface area contributed by atoms with Gasteiger partial charge in [-0.1, -0.05) is 0 Å². The molecule has 2 aromatic rings. The van der Waals surface area contributed by atoms with Gasteiger partial charge in [0.15, 0.2) is 0 Å². The number of halogens is 1. The molecule has 0 amide bonds. The van der Waals surface area contributed by atoms with Crippen LogP contribution >= 0.6 is 15.9 Å². The Bertz CT molecular complexity index is 584. The molecule has 0 atom stereocenters. The normalized spacial score (nSPS) is 15.5. The van der Waals surface area contributed by atoms with Crippen LogP contribution in [-0.2, 0) is 13.5 Å². The molecule has 0 unspecified atom stereocenters. The predicted octanol–water partition coefficient (Wildman–Crippen LogP) is 2.94. The van der Waals surface area contributed by atoms with E-state index < -0.39 is 0 Å². The third-order valence-electron chi connectivity index (χ3n) is 3.54. The first-order chi connectivity index (χ1) is 8.65. The Morgan fingerprint density at radius 1 is 1.44 bits per heavy atom. The van der Waals surface area contributed by atoms with E-state index in [1.807, 2.05) is 0 Å². The molecule has 0 saturated heterocycles. The fourth-order valence-electron chi connectivity index (χ4n) is 2.32. The van der Waals surface area contributed by atoms with Gasteiger partial charge in [-0.15, -0.1) is 0 Å². The van der Waals surface area contributed by atoms with Gasteiger partial charge in [0.05, 0.1) is 5.52 Å². The molecule has 18 heavy (non-hydrogen) atoms. The van der Waals surface area contributed by atoms with Crippen LogP contribution in [0, 0.1) is 6.92 Å². The van der Waals surface area contributed by atoms with Gasteiger partial charge in [0, 0.05) is 30.5 Å². The van der Waals surface area contributed by atoms with Crippen molar-refractivity contribution < 1.29 is 0 Å². The molecule has 0 spiro atoms. The maximum Gasteiger partial charge on any atom is 0.110 e. The standard InChI is InChI=1S/C14H18BrN3/c1-9-7-11(15)14-12(8-9)18(2)13(17-14)5-6-16-10-3-4-10/h7-8,10,16H,3-6H2,1-2H3. The molecule has 1 N–H and O–H groups in total. The fourth-order valence-corrected chi connectivity index (χ4v) is 2.98. The van der Waals surface area contributed by atoms with Gasteiger partial charge in [-0.2, -0.15) is 0 Å². The quantitative estimate of drug-likeness (QED) is 0.941. The average Bonchev–Trinajstić information content (AvgIpc) is 3.08. The minimum absolute atomic E-state index is 0.772. The topological polar surface area (TPSA) is 29.9 Å². The fraction of sp³-hybridized carbons (Fsp3) is 0.500. The van der Waals surface area contributed by atoms with E-state index in [2.05, 4.69) is 51.9 Å². The van der Waals surface area contributed by atoms with E-state index in [1.54, 1.807) is 0 Å². The molecular formula is C14H18BrN3. The zero-order chi connectivity index (χ0) is 12.7. The number of nitrogens with zero attached hydrogens (tertiary/aromatic N) is 2. The zero-order valence-corrected chi connectivity index (χ0v) is 12.4. The number of hydrogen-bond acceptors (Lipinski definition) is 2. The van der Waals surface area contributed by atoms with Crippen molar-refractivity contribution in [1.82, 2.24) is 14.9 Å². The number of aromatic nitrogens is 2. The SMILES string of the molecule is Cc1cc(Br)c2nc(CCNC3CC3)n(C)c2c1. The molecule has 1 heterocycles. The number of imidazole rings is 1. The molecule has 3 nitrogen and oxygen atoms in total. The van der Waals surface area contributed by atoms with E-state index in [9.17, 15) is 0 Å². The third-order valence-corrected chi connectivity index (χ3v) is 4.14. The molecule has 0 bridgehead atoms. The molecule has 4 heteroatoms. The van der Waals surface area contributed by atoms with Crippen LogP contribution in [0.1, 0.15) is 24.2 Å². The zero-order valence-electron chi connectivity index (χ0n) is 10.8. The largest absolute Gasteiger partial charge is 0.331 e. The molecule has 1 fully saturated rings. The Hall–Kier alpha value is -0.870. The minimum Gasteiger partial charge on any atom is -0.331 e. The third kappa shape index (κ3) is 2.31. The second kappa shape index (κ2) is 4.67. The van der Waals surface area contributed by atoms with Crippen molar-refractivity contribution in [3.05, 3.63) is 28.0 Å². The Morgan fingerprint density at radius 2 is 2.22 bits per heavy atom. The molecule has 96 valence electrons. The van der Waals surface area contributed by atoms with Gasteiger partial charge in [0.2, 0.25) is 0 Å². The summed E-state index contributed by atoms with van der Waals surface area (Å²) in [6.45, 7) is 3.14. The van der Waals surface area contributed by atoms with Crippen molar-refractivity contribution in [2.75, 3.05) is 6.54 Å². The van der Waals surface area contributed by atoms with E-state index in [-0.39, 0.29) is 0 Å². The first kappa shape index (κ1) is 12.2. The Kier molecular flexibility index (Phi) is 3.16. The van der Waals surface area contributed by atoms with Crippen molar-refractivity contribution in [1.29, 1.82) is 0 Å². The van der Waals surface area contributed by atoms with Crippen molar-refractivity contribution in [2.24, 2.45) is 7.05 Å². The van der Waals surface area contributed by atoms with Crippen molar-refractivity contribution in [3.8, 4) is 0 Å². The number of hydrogen-bond donors (Lipinski definition) is 1. The van der Waals surface area contributed by atoms with Crippen LogP contribution in [0.5, 0.6) is 0 Å². The van der Waals surface area contributed by atoms with Gasteiger partial charge in [0.25, 0.3) is 0 Å². The summed E-state index contributed by atoms with van der Waals surface area (Å²) in [5.74, 6) is 1.16. The van der Waals surface area contributed by atoms with Gasteiger partial charge < -0.3 is 9.88 Å². The van der Waals surface area contributed by atoms with Gasteiger partial charge in [-0.05, 0) is 53.4 Å². The summed E-state index contributed by atoms with van der Waals surface area (Å²) in [6.07, 6.45) is 3.67. The van der Waals surface area contributed by atoms with Crippen LogP contribution in [0.4, 0.5) is 0 Å². The number of fused-ring (bicyclic) bond motifs is 1. The highest BCUT2D eigenvalue weighted by atomic mass is 79.9. The van der Waals surface area contributed by atoms with E-state index in [0.717, 1.165) is 34.8 Å². The summed E-state index contributed by atoms with van der Waals surface area (Å²) >= 11 is 3.61. The van der Waals surface area contributed by atoms with Crippen molar-refractivity contribution in [3.63, 3.8) is 0 Å². The van der Waals surface area contributed by atoms with Gasteiger partial charge in [-0.25, -0.2) is 4.98 Å². The van der Waals surface area contributed by atoms with E-state index in [0.29, 0.717) is 0 Å². The van der Waals surface area contributed by atoms with Gasteiger partial charge in [-0.3, -0.25) is 0 Å².